The van der Waals surface area contributed by atoms with Crippen LogP contribution in [0.4, 0.5) is 0 Å². The van der Waals surface area contributed by atoms with Gasteiger partial charge in [-0.25, -0.2) is 0 Å². The molecule has 1 unspecified atom stereocenters. The Balaban J connectivity index is 1.84. The van der Waals surface area contributed by atoms with E-state index in [0.717, 1.165) is 22.9 Å². The highest BCUT2D eigenvalue weighted by atomic mass is 35.5. The van der Waals surface area contributed by atoms with E-state index in [1.807, 2.05) is 30.3 Å². The molecule has 0 radical (unpaired) electrons. The van der Waals surface area contributed by atoms with Crippen molar-refractivity contribution in [1.29, 1.82) is 5.26 Å². The maximum absolute atomic E-state index is 8.78. The third-order valence-corrected chi connectivity index (χ3v) is 4.05. The zero-order valence-electron chi connectivity index (χ0n) is 10.7. The fourth-order valence-electron chi connectivity index (χ4n) is 1.90. The van der Waals surface area contributed by atoms with E-state index < -0.39 is 0 Å². The minimum atomic E-state index is 0.367. The van der Waals surface area contributed by atoms with Gasteiger partial charge in [0.2, 0.25) is 0 Å². The first-order chi connectivity index (χ1) is 9.17. The molecule has 0 spiro atoms. The van der Waals surface area contributed by atoms with Crippen molar-refractivity contribution in [2.75, 3.05) is 0 Å². The molecule has 0 aliphatic rings. The number of rotatable bonds is 5. The quantitative estimate of drug-likeness (QED) is 0.903. The standard InChI is InChI=1S/C15H15ClN2S/c1-11(7-12-3-2-4-13(16)8-12)18-10-15-6-5-14(9-17)19-15/h2-6,8,11,18H,7,10H2,1H3. The van der Waals surface area contributed by atoms with Gasteiger partial charge >= 0.3 is 0 Å². The molecule has 0 amide bonds. The van der Waals surface area contributed by atoms with E-state index in [1.54, 1.807) is 0 Å². The highest BCUT2D eigenvalue weighted by molar-refractivity contribution is 7.12. The average molecular weight is 291 g/mol. The molecule has 1 N–H and O–H groups in total. The van der Waals surface area contributed by atoms with Gasteiger partial charge in [0.05, 0.1) is 0 Å². The van der Waals surface area contributed by atoms with Crippen molar-refractivity contribution in [1.82, 2.24) is 5.32 Å². The summed E-state index contributed by atoms with van der Waals surface area (Å²) in [4.78, 5) is 1.95. The van der Waals surface area contributed by atoms with Crippen molar-refractivity contribution in [3.63, 3.8) is 0 Å². The number of nitrogens with zero attached hydrogens (tertiary/aromatic N) is 1. The van der Waals surface area contributed by atoms with Crippen molar-refractivity contribution in [2.24, 2.45) is 0 Å². The first-order valence-electron chi connectivity index (χ1n) is 6.14. The first kappa shape index (κ1) is 14.1. The van der Waals surface area contributed by atoms with Gasteiger partial charge in [-0.3, -0.25) is 0 Å². The van der Waals surface area contributed by atoms with E-state index in [9.17, 15) is 0 Å². The minimum absolute atomic E-state index is 0.367. The van der Waals surface area contributed by atoms with Crippen LogP contribution in [0.1, 0.15) is 22.2 Å². The van der Waals surface area contributed by atoms with Crippen molar-refractivity contribution >= 4 is 22.9 Å². The molecule has 1 heterocycles. The molecule has 0 aliphatic carbocycles. The second-order valence-corrected chi connectivity index (χ2v) is 6.10. The van der Waals surface area contributed by atoms with Gasteiger partial charge in [0, 0.05) is 22.5 Å². The number of thiophene rings is 1. The molecule has 1 aromatic heterocycles. The lowest BCUT2D eigenvalue weighted by Crippen LogP contribution is -2.27. The fourth-order valence-corrected chi connectivity index (χ4v) is 2.87. The third-order valence-electron chi connectivity index (χ3n) is 2.83. The molecule has 19 heavy (non-hydrogen) atoms. The van der Waals surface area contributed by atoms with Crippen LogP contribution in [0.5, 0.6) is 0 Å². The predicted octanol–water partition coefficient (Wildman–Crippen LogP) is 3.99. The maximum Gasteiger partial charge on any atom is 0.110 e. The van der Waals surface area contributed by atoms with E-state index in [0.29, 0.717) is 6.04 Å². The predicted molar refractivity (Wildman–Crippen MR) is 80.5 cm³/mol. The van der Waals surface area contributed by atoms with E-state index in [1.165, 1.54) is 21.8 Å². The molecular formula is C15H15ClN2S. The first-order valence-corrected chi connectivity index (χ1v) is 7.33. The van der Waals surface area contributed by atoms with Crippen molar-refractivity contribution in [3.05, 3.63) is 56.7 Å². The summed E-state index contributed by atoms with van der Waals surface area (Å²) in [5, 5.41) is 13.0. The van der Waals surface area contributed by atoms with E-state index in [2.05, 4.69) is 24.4 Å². The number of nitrogens with one attached hydrogen (secondary N) is 1. The molecule has 0 bridgehead atoms. The van der Waals surface area contributed by atoms with Crippen LogP contribution in [0, 0.1) is 11.3 Å². The number of hydrogen-bond donors (Lipinski definition) is 1. The number of nitriles is 1. The second kappa shape index (κ2) is 6.72. The zero-order valence-corrected chi connectivity index (χ0v) is 12.3. The Kier molecular flexibility index (Phi) is 4.98. The van der Waals surface area contributed by atoms with Crippen LogP contribution in [0.15, 0.2) is 36.4 Å². The highest BCUT2D eigenvalue weighted by Gasteiger charge is 2.05. The van der Waals surface area contributed by atoms with Gasteiger partial charge in [-0.2, -0.15) is 5.26 Å². The third kappa shape index (κ3) is 4.36. The molecular weight excluding hydrogens is 276 g/mol. The van der Waals surface area contributed by atoms with E-state index in [-0.39, 0.29) is 0 Å². The van der Waals surface area contributed by atoms with E-state index in [4.69, 9.17) is 16.9 Å². The molecule has 0 saturated heterocycles. The Morgan fingerprint density at radius 1 is 1.37 bits per heavy atom. The lowest BCUT2D eigenvalue weighted by Gasteiger charge is -2.13. The maximum atomic E-state index is 8.78. The average Bonchev–Trinajstić information content (AvgIpc) is 2.84. The van der Waals surface area contributed by atoms with E-state index >= 15 is 0 Å². The molecule has 4 heteroatoms. The summed E-state index contributed by atoms with van der Waals surface area (Å²) in [6.45, 7) is 2.95. The molecule has 0 aliphatic heterocycles. The summed E-state index contributed by atoms with van der Waals surface area (Å²) in [5.74, 6) is 0. The number of benzene rings is 1. The van der Waals surface area contributed by atoms with Gasteiger partial charge in [-0.15, -0.1) is 11.3 Å². The van der Waals surface area contributed by atoms with Gasteiger partial charge in [0.1, 0.15) is 10.9 Å². The summed E-state index contributed by atoms with van der Waals surface area (Å²) >= 11 is 7.51. The van der Waals surface area contributed by atoms with Crippen molar-refractivity contribution in [2.45, 2.75) is 25.9 Å². The molecule has 98 valence electrons. The van der Waals surface area contributed by atoms with Gasteiger partial charge < -0.3 is 5.32 Å². The van der Waals surface area contributed by atoms with Gasteiger partial charge in [-0.1, -0.05) is 23.7 Å². The molecule has 0 saturated carbocycles. The Hall–Kier alpha value is -1.34. The summed E-state index contributed by atoms with van der Waals surface area (Å²) < 4.78 is 0. The number of hydrogen-bond acceptors (Lipinski definition) is 3. The van der Waals surface area contributed by atoms with Crippen LogP contribution in [-0.2, 0) is 13.0 Å². The van der Waals surface area contributed by atoms with Crippen LogP contribution in [0.25, 0.3) is 0 Å². The summed E-state index contributed by atoms with van der Waals surface area (Å²) in [6, 6.07) is 14.3. The molecule has 2 aromatic rings. The monoisotopic (exact) mass is 290 g/mol. The topological polar surface area (TPSA) is 35.8 Å². The summed E-state index contributed by atoms with van der Waals surface area (Å²) in [5.41, 5.74) is 1.23. The van der Waals surface area contributed by atoms with Crippen molar-refractivity contribution < 1.29 is 0 Å². The molecule has 1 atom stereocenters. The SMILES string of the molecule is CC(Cc1cccc(Cl)c1)NCc1ccc(C#N)s1. The lowest BCUT2D eigenvalue weighted by atomic mass is 10.1. The smallest absolute Gasteiger partial charge is 0.110 e. The fraction of sp³-hybridized carbons (Fsp3) is 0.267. The normalized spacial score (nSPS) is 12.1. The largest absolute Gasteiger partial charge is 0.309 e. The van der Waals surface area contributed by atoms with Crippen LogP contribution >= 0.6 is 22.9 Å². The van der Waals surface area contributed by atoms with Gasteiger partial charge in [-0.05, 0) is 43.2 Å². The minimum Gasteiger partial charge on any atom is -0.309 e. The van der Waals surface area contributed by atoms with Crippen LogP contribution in [-0.4, -0.2) is 6.04 Å². The Labute approximate surface area is 122 Å². The van der Waals surface area contributed by atoms with Crippen LogP contribution < -0.4 is 5.32 Å². The summed E-state index contributed by atoms with van der Waals surface area (Å²) in [7, 11) is 0. The van der Waals surface area contributed by atoms with Crippen molar-refractivity contribution in [3.8, 4) is 6.07 Å². The van der Waals surface area contributed by atoms with Crippen LogP contribution in [0.3, 0.4) is 0 Å². The Morgan fingerprint density at radius 3 is 2.89 bits per heavy atom. The Bertz CT molecular complexity index is 586. The molecule has 2 nitrogen and oxygen atoms in total. The summed E-state index contributed by atoms with van der Waals surface area (Å²) in [6.07, 6.45) is 0.942. The number of halogens is 1. The van der Waals surface area contributed by atoms with Crippen LogP contribution in [0.2, 0.25) is 5.02 Å². The Morgan fingerprint density at radius 2 is 2.21 bits per heavy atom. The lowest BCUT2D eigenvalue weighted by molar-refractivity contribution is 0.549. The van der Waals surface area contributed by atoms with Gasteiger partial charge in [0.25, 0.3) is 0 Å². The zero-order chi connectivity index (χ0) is 13.7. The molecule has 1 aromatic carbocycles. The van der Waals surface area contributed by atoms with Gasteiger partial charge in [0.15, 0.2) is 0 Å². The highest BCUT2D eigenvalue weighted by Crippen LogP contribution is 2.16. The molecule has 0 fully saturated rings. The molecule has 2 rings (SSSR count). The second-order valence-electron chi connectivity index (χ2n) is 4.49.